The van der Waals surface area contributed by atoms with E-state index in [-0.39, 0.29) is 18.7 Å². The molecule has 7 nitrogen and oxygen atoms in total. The van der Waals surface area contributed by atoms with Crippen LogP contribution in [0.4, 0.5) is 24.7 Å². The number of halogens is 3. The lowest BCUT2D eigenvalue weighted by molar-refractivity contribution is -0.138. The Bertz CT molecular complexity index is 1010. The quantitative estimate of drug-likeness (QED) is 0.441. The highest BCUT2D eigenvalue weighted by Crippen LogP contribution is 2.40. The molecule has 4 N–H and O–H groups in total. The van der Waals surface area contributed by atoms with Gasteiger partial charge < -0.3 is 15.7 Å². The second kappa shape index (κ2) is 8.33. The number of hydrogen-bond acceptors (Lipinski definition) is 6. The number of alkyl halides is 3. The number of rotatable bonds is 7. The third-order valence-electron chi connectivity index (χ3n) is 4.82. The summed E-state index contributed by atoms with van der Waals surface area (Å²) in [6, 6.07) is 7.86. The monoisotopic (exact) mass is 418 g/mol. The van der Waals surface area contributed by atoms with E-state index in [0.29, 0.717) is 36.0 Å². The van der Waals surface area contributed by atoms with Crippen molar-refractivity contribution in [3.05, 3.63) is 65.9 Å². The van der Waals surface area contributed by atoms with Crippen molar-refractivity contribution >= 4 is 11.5 Å². The van der Waals surface area contributed by atoms with Gasteiger partial charge in [0.1, 0.15) is 12.0 Å². The van der Waals surface area contributed by atoms with Gasteiger partial charge in [0.2, 0.25) is 0 Å². The molecule has 0 saturated heterocycles. The lowest BCUT2D eigenvalue weighted by atomic mass is 10.0. The summed E-state index contributed by atoms with van der Waals surface area (Å²) in [5.41, 5.74) is 0.347. The van der Waals surface area contributed by atoms with E-state index in [1.54, 1.807) is 41.4 Å². The van der Waals surface area contributed by atoms with Crippen molar-refractivity contribution in [1.82, 2.24) is 19.9 Å². The van der Waals surface area contributed by atoms with E-state index in [9.17, 15) is 13.2 Å². The Morgan fingerprint density at radius 3 is 2.77 bits per heavy atom. The molecule has 0 saturated carbocycles. The molecule has 1 unspecified atom stereocenters. The van der Waals surface area contributed by atoms with E-state index in [2.05, 4.69) is 25.9 Å². The Hall–Kier alpha value is -3.11. The number of aliphatic hydroxyl groups excluding tert-OH is 1. The maximum absolute atomic E-state index is 13.8. The van der Waals surface area contributed by atoms with E-state index >= 15 is 0 Å². The normalized spacial score (nSPS) is 15.3. The molecule has 3 heterocycles. The first kappa shape index (κ1) is 20.2. The zero-order valence-corrected chi connectivity index (χ0v) is 15.9. The van der Waals surface area contributed by atoms with Gasteiger partial charge in [0.15, 0.2) is 5.82 Å². The van der Waals surface area contributed by atoms with Crippen LogP contribution in [-0.2, 0) is 12.7 Å². The summed E-state index contributed by atoms with van der Waals surface area (Å²) in [5, 5.41) is 18.2. The summed E-state index contributed by atoms with van der Waals surface area (Å²) in [6.07, 6.45) is 0.461. The Labute approximate surface area is 171 Å². The highest BCUT2D eigenvalue weighted by Gasteiger charge is 2.36. The number of aromatic nitrogens is 3. The number of pyridine rings is 1. The Morgan fingerprint density at radius 1 is 1.17 bits per heavy atom. The largest absolute Gasteiger partial charge is 0.416 e. The molecule has 4 rings (SSSR count). The van der Waals surface area contributed by atoms with Crippen LogP contribution < -0.4 is 16.0 Å². The molecule has 0 radical (unpaired) electrons. The highest BCUT2D eigenvalue weighted by molar-refractivity contribution is 5.68. The average Bonchev–Trinajstić information content (AvgIpc) is 3.22. The summed E-state index contributed by atoms with van der Waals surface area (Å²) >= 11 is 0. The lowest BCUT2D eigenvalue weighted by Gasteiger charge is -2.30. The Morgan fingerprint density at radius 2 is 2.03 bits per heavy atom. The summed E-state index contributed by atoms with van der Waals surface area (Å²) in [5.74, 6) is 1.14. The fourth-order valence-electron chi connectivity index (χ4n) is 3.43. The number of hydrogen-bond donors (Lipinski definition) is 4. The van der Waals surface area contributed by atoms with Gasteiger partial charge in [-0.3, -0.25) is 9.88 Å². The minimum atomic E-state index is -4.51. The van der Waals surface area contributed by atoms with E-state index in [0.717, 1.165) is 6.07 Å². The number of anilines is 2. The van der Waals surface area contributed by atoms with Crippen LogP contribution in [0.1, 0.15) is 29.5 Å². The standard InChI is InChI=1S/C20H21F3N6O/c21-20(22,23)14-11-15-16(10-13(14)12-27-17-4-1-2-5-24-17)29-8-7-26-19(29)18(28-15)25-6-3-9-30/h1-2,4-5,7-8,10-11,18,25,28,30H,3,6,9,12H2,(H,24,27). The van der Waals surface area contributed by atoms with Crippen LogP contribution in [0.3, 0.4) is 0 Å². The van der Waals surface area contributed by atoms with Crippen molar-refractivity contribution in [3.63, 3.8) is 0 Å². The SMILES string of the molecule is OCCCNC1Nc2cc(C(F)(F)F)c(CNc3ccccn3)cc2-n2ccnc21. The van der Waals surface area contributed by atoms with Gasteiger partial charge in [-0.2, -0.15) is 13.2 Å². The van der Waals surface area contributed by atoms with Gasteiger partial charge in [-0.25, -0.2) is 9.97 Å². The fourth-order valence-corrected chi connectivity index (χ4v) is 3.43. The molecular formula is C20H21F3N6O. The summed E-state index contributed by atoms with van der Waals surface area (Å²) in [4.78, 5) is 8.44. The topological polar surface area (TPSA) is 87.0 Å². The Kier molecular flexibility index (Phi) is 5.60. The molecule has 1 aliphatic heterocycles. The van der Waals surface area contributed by atoms with Gasteiger partial charge in [0.25, 0.3) is 0 Å². The molecule has 30 heavy (non-hydrogen) atoms. The first-order chi connectivity index (χ1) is 14.5. The van der Waals surface area contributed by atoms with Gasteiger partial charge >= 0.3 is 6.18 Å². The summed E-state index contributed by atoms with van der Waals surface area (Å²) in [6.45, 7) is 0.492. The van der Waals surface area contributed by atoms with Crippen LogP contribution in [-0.4, -0.2) is 32.8 Å². The molecular weight excluding hydrogens is 397 g/mol. The van der Waals surface area contributed by atoms with Gasteiger partial charge in [-0.1, -0.05) is 6.07 Å². The number of imidazole rings is 1. The van der Waals surface area contributed by atoms with Crippen molar-refractivity contribution in [2.75, 3.05) is 23.8 Å². The summed E-state index contributed by atoms with van der Waals surface area (Å²) < 4.78 is 43.1. The maximum atomic E-state index is 13.8. The Balaban J connectivity index is 1.69. The van der Waals surface area contributed by atoms with Crippen LogP contribution in [0, 0.1) is 0 Å². The van der Waals surface area contributed by atoms with Crippen LogP contribution in [0.5, 0.6) is 0 Å². The van der Waals surface area contributed by atoms with Crippen molar-refractivity contribution in [2.24, 2.45) is 0 Å². The van der Waals surface area contributed by atoms with Crippen molar-refractivity contribution in [2.45, 2.75) is 25.3 Å². The minimum absolute atomic E-state index is 0.0234. The number of nitrogens with one attached hydrogen (secondary N) is 3. The van der Waals surface area contributed by atoms with Crippen LogP contribution in [0.25, 0.3) is 5.69 Å². The highest BCUT2D eigenvalue weighted by atomic mass is 19.4. The first-order valence-corrected chi connectivity index (χ1v) is 9.51. The molecule has 0 fully saturated rings. The van der Waals surface area contributed by atoms with Gasteiger partial charge in [0, 0.05) is 31.7 Å². The zero-order chi connectivity index (χ0) is 21.1. The van der Waals surface area contributed by atoms with Gasteiger partial charge in [-0.15, -0.1) is 0 Å². The zero-order valence-electron chi connectivity index (χ0n) is 15.9. The third kappa shape index (κ3) is 4.10. The van der Waals surface area contributed by atoms with Crippen LogP contribution in [0.2, 0.25) is 0 Å². The smallest absolute Gasteiger partial charge is 0.396 e. The summed E-state index contributed by atoms with van der Waals surface area (Å²) in [7, 11) is 0. The van der Waals surface area contributed by atoms with Crippen molar-refractivity contribution in [1.29, 1.82) is 0 Å². The molecule has 1 aliphatic rings. The molecule has 10 heteroatoms. The number of fused-ring (bicyclic) bond motifs is 3. The van der Waals surface area contributed by atoms with E-state index in [1.165, 1.54) is 6.07 Å². The first-order valence-electron chi connectivity index (χ1n) is 9.51. The van der Waals surface area contributed by atoms with E-state index in [1.807, 2.05) is 0 Å². The second-order valence-corrected chi connectivity index (χ2v) is 6.86. The third-order valence-corrected chi connectivity index (χ3v) is 4.82. The van der Waals surface area contributed by atoms with Gasteiger partial charge in [-0.05, 0) is 42.8 Å². The van der Waals surface area contributed by atoms with E-state index < -0.39 is 17.9 Å². The van der Waals surface area contributed by atoms with Crippen LogP contribution in [0.15, 0.2) is 48.9 Å². The number of benzene rings is 1. The molecule has 158 valence electrons. The minimum Gasteiger partial charge on any atom is -0.396 e. The number of aliphatic hydroxyl groups is 1. The lowest BCUT2D eigenvalue weighted by Crippen LogP contribution is -2.34. The predicted molar refractivity (Wildman–Crippen MR) is 106 cm³/mol. The van der Waals surface area contributed by atoms with E-state index in [4.69, 9.17) is 5.11 Å². The van der Waals surface area contributed by atoms with Crippen LogP contribution >= 0.6 is 0 Å². The van der Waals surface area contributed by atoms with Crippen molar-refractivity contribution in [3.8, 4) is 5.69 Å². The molecule has 0 amide bonds. The maximum Gasteiger partial charge on any atom is 0.416 e. The molecule has 1 atom stereocenters. The van der Waals surface area contributed by atoms with Crippen molar-refractivity contribution < 1.29 is 18.3 Å². The fraction of sp³-hybridized carbons (Fsp3) is 0.300. The molecule has 0 spiro atoms. The molecule has 0 aliphatic carbocycles. The molecule has 0 bridgehead atoms. The molecule has 3 aromatic rings. The second-order valence-electron chi connectivity index (χ2n) is 6.86. The van der Waals surface area contributed by atoms with Gasteiger partial charge in [0.05, 0.1) is 16.9 Å². The number of nitrogens with zero attached hydrogens (tertiary/aromatic N) is 3. The average molecular weight is 418 g/mol. The molecule has 2 aromatic heterocycles. The predicted octanol–water partition coefficient (Wildman–Crippen LogP) is 3.29. The molecule has 1 aromatic carbocycles.